The molecular weight excluding hydrogens is 375 g/mol. The van der Waals surface area contributed by atoms with E-state index in [0.29, 0.717) is 17.9 Å². The lowest BCUT2D eigenvalue weighted by molar-refractivity contribution is -0.118. The lowest BCUT2D eigenvalue weighted by atomic mass is 9.78. The van der Waals surface area contributed by atoms with Crippen molar-refractivity contribution in [3.63, 3.8) is 0 Å². The fourth-order valence-electron chi connectivity index (χ4n) is 3.95. The van der Waals surface area contributed by atoms with Gasteiger partial charge < -0.3 is 25.6 Å². The SMILES string of the molecule is O=C(NCCO)C1=C[C@@H](NCc2ccc(F)cc2)[C@H](O)[C@H]2Oc3ccccc3[C@@H]12. The predicted octanol–water partition coefficient (Wildman–Crippen LogP) is 1.24. The molecule has 1 amide bonds. The van der Waals surface area contributed by atoms with Crippen molar-refractivity contribution in [1.82, 2.24) is 10.6 Å². The largest absolute Gasteiger partial charge is 0.486 e. The molecular formula is C22H23FN2O4. The van der Waals surface area contributed by atoms with E-state index < -0.39 is 18.2 Å². The van der Waals surface area contributed by atoms with Gasteiger partial charge in [0, 0.05) is 24.2 Å². The van der Waals surface area contributed by atoms with Gasteiger partial charge in [0.1, 0.15) is 23.8 Å². The molecule has 0 unspecified atom stereocenters. The Hall–Kier alpha value is -2.74. The maximum Gasteiger partial charge on any atom is 0.247 e. The molecule has 0 fully saturated rings. The number of benzene rings is 2. The Labute approximate surface area is 168 Å². The summed E-state index contributed by atoms with van der Waals surface area (Å²) < 4.78 is 19.1. The zero-order valence-electron chi connectivity index (χ0n) is 15.7. The predicted molar refractivity (Wildman–Crippen MR) is 105 cm³/mol. The smallest absolute Gasteiger partial charge is 0.247 e. The molecule has 0 radical (unpaired) electrons. The maximum atomic E-state index is 13.1. The Balaban J connectivity index is 1.61. The minimum atomic E-state index is -0.873. The number of carbonyl (C=O) groups excluding carboxylic acids is 1. The minimum absolute atomic E-state index is 0.145. The van der Waals surface area contributed by atoms with Crippen LogP contribution in [0.15, 0.2) is 60.2 Å². The molecule has 0 bridgehead atoms. The molecule has 2 aromatic rings. The second kappa shape index (κ2) is 8.32. The average Bonchev–Trinajstić information content (AvgIpc) is 3.13. The van der Waals surface area contributed by atoms with E-state index in [2.05, 4.69) is 10.6 Å². The van der Waals surface area contributed by atoms with Gasteiger partial charge in [-0.25, -0.2) is 4.39 Å². The van der Waals surface area contributed by atoms with Crippen molar-refractivity contribution in [1.29, 1.82) is 0 Å². The van der Waals surface area contributed by atoms with E-state index in [1.165, 1.54) is 12.1 Å². The third-order valence-electron chi connectivity index (χ3n) is 5.36. The highest BCUT2D eigenvalue weighted by Gasteiger charge is 2.48. The van der Waals surface area contributed by atoms with Crippen molar-refractivity contribution in [2.24, 2.45) is 0 Å². The summed E-state index contributed by atoms with van der Waals surface area (Å²) in [7, 11) is 0. The highest BCUT2D eigenvalue weighted by atomic mass is 19.1. The maximum absolute atomic E-state index is 13.1. The van der Waals surface area contributed by atoms with Gasteiger partial charge in [-0.05, 0) is 23.8 Å². The average molecular weight is 398 g/mol. The van der Waals surface area contributed by atoms with Crippen molar-refractivity contribution in [2.75, 3.05) is 13.2 Å². The molecule has 2 aliphatic rings. The number of hydrogen-bond acceptors (Lipinski definition) is 5. The Morgan fingerprint density at radius 2 is 1.90 bits per heavy atom. The van der Waals surface area contributed by atoms with Gasteiger partial charge >= 0.3 is 0 Å². The standard InChI is InChI=1S/C22H23FN2O4/c23-14-7-5-13(6-8-14)12-25-17-11-16(22(28)24-9-10-26)19-15-3-1-2-4-18(15)29-21(19)20(17)27/h1-8,11,17,19-21,25-27H,9-10,12H2,(H,24,28)/t17-,19+,20+,21+/m1/s1. The third kappa shape index (κ3) is 3.89. The van der Waals surface area contributed by atoms with Gasteiger partial charge in [-0.15, -0.1) is 0 Å². The van der Waals surface area contributed by atoms with Gasteiger partial charge in [0.2, 0.25) is 5.91 Å². The summed E-state index contributed by atoms with van der Waals surface area (Å²) in [4.78, 5) is 12.8. The number of para-hydroxylation sites is 1. The molecule has 6 nitrogen and oxygen atoms in total. The van der Waals surface area contributed by atoms with Crippen molar-refractivity contribution >= 4 is 5.91 Å². The van der Waals surface area contributed by atoms with Crippen LogP contribution >= 0.6 is 0 Å². The Kier molecular flexibility index (Phi) is 5.62. The number of fused-ring (bicyclic) bond motifs is 3. The number of hydrogen-bond donors (Lipinski definition) is 4. The van der Waals surface area contributed by atoms with Crippen LogP contribution in [0.2, 0.25) is 0 Å². The van der Waals surface area contributed by atoms with Crippen LogP contribution in [-0.4, -0.2) is 47.5 Å². The Morgan fingerprint density at radius 3 is 2.66 bits per heavy atom. The molecule has 4 rings (SSSR count). The summed E-state index contributed by atoms with van der Waals surface area (Å²) in [6, 6.07) is 13.0. The molecule has 1 aliphatic carbocycles. The number of amides is 1. The third-order valence-corrected chi connectivity index (χ3v) is 5.36. The summed E-state index contributed by atoms with van der Waals surface area (Å²) in [5.41, 5.74) is 2.21. The quantitative estimate of drug-likeness (QED) is 0.588. The summed E-state index contributed by atoms with van der Waals surface area (Å²) in [5, 5.41) is 25.9. The van der Waals surface area contributed by atoms with Crippen LogP contribution in [0.4, 0.5) is 4.39 Å². The zero-order chi connectivity index (χ0) is 20.4. The van der Waals surface area contributed by atoms with Crippen LogP contribution in [-0.2, 0) is 11.3 Å². The molecule has 29 heavy (non-hydrogen) atoms. The van der Waals surface area contributed by atoms with Gasteiger partial charge in [-0.3, -0.25) is 4.79 Å². The van der Waals surface area contributed by atoms with Crippen LogP contribution in [0.3, 0.4) is 0 Å². The molecule has 1 heterocycles. The molecule has 7 heteroatoms. The second-order valence-electron chi connectivity index (χ2n) is 7.22. The van der Waals surface area contributed by atoms with Gasteiger partial charge in [-0.1, -0.05) is 36.4 Å². The van der Waals surface area contributed by atoms with Crippen molar-refractivity contribution in [3.05, 3.63) is 77.1 Å². The first-order valence-corrected chi connectivity index (χ1v) is 9.60. The lowest BCUT2D eigenvalue weighted by Crippen LogP contribution is -2.52. The van der Waals surface area contributed by atoms with Crippen LogP contribution in [0.25, 0.3) is 0 Å². The molecule has 0 spiro atoms. The van der Waals surface area contributed by atoms with Crippen LogP contribution < -0.4 is 15.4 Å². The van der Waals surface area contributed by atoms with Gasteiger partial charge in [-0.2, -0.15) is 0 Å². The summed E-state index contributed by atoms with van der Waals surface area (Å²) in [6.45, 7) is 0.385. The lowest BCUT2D eigenvalue weighted by Gasteiger charge is -2.35. The number of carbonyl (C=O) groups is 1. The number of nitrogens with one attached hydrogen (secondary N) is 2. The summed E-state index contributed by atoms with van der Waals surface area (Å²) in [6.07, 6.45) is 0.258. The zero-order valence-corrected chi connectivity index (χ0v) is 15.7. The van der Waals surface area contributed by atoms with E-state index in [9.17, 15) is 14.3 Å². The monoisotopic (exact) mass is 398 g/mol. The van der Waals surface area contributed by atoms with E-state index in [0.717, 1.165) is 11.1 Å². The van der Waals surface area contributed by atoms with Crippen molar-refractivity contribution in [2.45, 2.75) is 30.7 Å². The van der Waals surface area contributed by atoms with E-state index in [-0.39, 0.29) is 30.8 Å². The number of rotatable bonds is 6. The number of aliphatic hydroxyl groups excluding tert-OH is 2. The summed E-state index contributed by atoms with van der Waals surface area (Å²) >= 11 is 0. The molecule has 1 aliphatic heterocycles. The number of halogens is 1. The molecule has 0 aromatic heterocycles. The minimum Gasteiger partial charge on any atom is -0.486 e. The normalized spacial score (nSPS) is 24.9. The first kappa shape index (κ1) is 19.6. The first-order chi connectivity index (χ1) is 14.1. The fraction of sp³-hybridized carbons (Fsp3) is 0.318. The van der Waals surface area contributed by atoms with Gasteiger partial charge in [0.25, 0.3) is 0 Å². The van der Waals surface area contributed by atoms with Crippen LogP contribution in [0.1, 0.15) is 17.0 Å². The molecule has 0 saturated heterocycles. The van der Waals surface area contributed by atoms with Gasteiger partial charge in [0.15, 0.2) is 0 Å². The molecule has 152 valence electrons. The van der Waals surface area contributed by atoms with E-state index in [1.54, 1.807) is 18.2 Å². The van der Waals surface area contributed by atoms with Crippen LogP contribution in [0.5, 0.6) is 5.75 Å². The highest BCUT2D eigenvalue weighted by molar-refractivity contribution is 5.96. The fourth-order valence-corrected chi connectivity index (χ4v) is 3.95. The van der Waals surface area contributed by atoms with Crippen molar-refractivity contribution in [3.8, 4) is 5.75 Å². The van der Waals surface area contributed by atoms with Crippen LogP contribution in [0, 0.1) is 5.82 Å². The summed E-state index contributed by atoms with van der Waals surface area (Å²) in [5.74, 6) is -0.339. The molecule has 4 N–H and O–H groups in total. The van der Waals surface area contributed by atoms with E-state index in [4.69, 9.17) is 9.84 Å². The van der Waals surface area contributed by atoms with E-state index in [1.807, 2.05) is 24.3 Å². The van der Waals surface area contributed by atoms with E-state index >= 15 is 0 Å². The van der Waals surface area contributed by atoms with Gasteiger partial charge in [0.05, 0.1) is 18.6 Å². The Morgan fingerprint density at radius 1 is 1.14 bits per heavy atom. The molecule has 2 aromatic carbocycles. The molecule has 4 atom stereocenters. The number of ether oxygens (including phenoxy) is 1. The molecule has 0 saturated carbocycles. The highest BCUT2D eigenvalue weighted by Crippen LogP contribution is 2.46. The Bertz CT molecular complexity index is 915. The number of aliphatic hydroxyl groups is 2. The topological polar surface area (TPSA) is 90.8 Å². The second-order valence-corrected chi connectivity index (χ2v) is 7.22. The van der Waals surface area contributed by atoms with Crippen molar-refractivity contribution < 1.29 is 24.1 Å². The first-order valence-electron chi connectivity index (χ1n) is 9.60.